The topological polar surface area (TPSA) is 26.3 Å². The van der Waals surface area contributed by atoms with Gasteiger partial charge in [0.05, 0.1) is 5.56 Å². The van der Waals surface area contributed by atoms with Crippen molar-refractivity contribution in [2.75, 3.05) is 0 Å². The predicted octanol–water partition coefficient (Wildman–Crippen LogP) is 4.58. The lowest BCUT2D eigenvalue weighted by molar-refractivity contribution is 0.101. The van der Waals surface area contributed by atoms with E-state index in [-0.39, 0.29) is 17.1 Å². The van der Waals surface area contributed by atoms with Gasteiger partial charge in [0.15, 0.2) is 5.78 Å². The molecule has 0 fully saturated rings. The van der Waals surface area contributed by atoms with E-state index in [0.29, 0.717) is 5.75 Å². The molecule has 0 bridgehead atoms. The average Bonchev–Trinajstić information content (AvgIpc) is 2.32. The van der Waals surface area contributed by atoms with E-state index in [0.717, 1.165) is 4.47 Å². The van der Waals surface area contributed by atoms with Crippen LogP contribution in [0.25, 0.3) is 0 Å². The highest BCUT2D eigenvalue weighted by atomic mass is 79.9. The van der Waals surface area contributed by atoms with Gasteiger partial charge in [0.2, 0.25) is 0 Å². The fourth-order valence-corrected chi connectivity index (χ4v) is 1.83. The van der Waals surface area contributed by atoms with Crippen LogP contribution in [0.4, 0.5) is 4.39 Å². The molecule has 4 heteroatoms. The first kappa shape index (κ1) is 12.8. The molecule has 2 aromatic rings. The van der Waals surface area contributed by atoms with Crippen LogP contribution in [-0.2, 0) is 0 Å². The van der Waals surface area contributed by atoms with E-state index in [4.69, 9.17) is 4.74 Å². The summed E-state index contributed by atoms with van der Waals surface area (Å²) in [5.74, 6) is -0.159. The van der Waals surface area contributed by atoms with E-state index in [9.17, 15) is 9.18 Å². The first-order chi connectivity index (χ1) is 8.58. The molecule has 2 aromatic carbocycles. The maximum atomic E-state index is 13.6. The lowest BCUT2D eigenvalue weighted by Gasteiger charge is -2.09. The zero-order valence-corrected chi connectivity index (χ0v) is 11.2. The molecule has 0 heterocycles. The summed E-state index contributed by atoms with van der Waals surface area (Å²) in [4.78, 5) is 11.4. The number of halogens is 2. The molecule has 0 aliphatic rings. The second kappa shape index (κ2) is 5.31. The molecule has 2 rings (SSSR count). The van der Waals surface area contributed by atoms with E-state index in [2.05, 4.69) is 15.9 Å². The van der Waals surface area contributed by atoms with Crippen LogP contribution in [0, 0.1) is 5.82 Å². The molecule has 0 aromatic heterocycles. The van der Waals surface area contributed by atoms with Crippen molar-refractivity contribution in [2.24, 2.45) is 0 Å². The lowest BCUT2D eigenvalue weighted by Crippen LogP contribution is -2.00. The van der Waals surface area contributed by atoms with Crippen molar-refractivity contribution in [1.29, 1.82) is 0 Å². The Morgan fingerprint density at radius 2 is 1.83 bits per heavy atom. The van der Waals surface area contributed by atoms with E-state index in [1.54, 1.807) is 18.2 Å². The highest BCUT2D eigenvalue weighted by molar-refractivity contribution is 9.10. The van der Waals surface area contributed by atoms with Crippen LogP contribution in [0.15, 0.2) is 46.9 Å². The van der Waals surface area contributed by atoms with Crippen molar-refractivity contribution in [1.82, 2.24) is 0 Å². The first-order valence-electron chi connectivity index (χ1n) is 5.31. The number of carbonyl (C=O) groups is 1. The quantitative estimate of drug-likeness (QED) is 0.776. The Balaban J connectivity index is 2.37. The van der Waals surface area contributed by atoms with E-state index in [1.807, 2.05) is 12.1 Å². The van der Waals surface area contributed by atoms with Crippen molar-refractivity contribution < 1.29 is 13.9 Å². The number of hydrogen-bond acceptors (Lipinski definition) is 2. The number of Topliss-reactive ketones (excluding diaryl/α,β-unsaturated/α-hetero) is 1. The SMILES string of the molecule is CC(=O)c1c(F)cccc1Oc1ccc(Br)cc1. The van der Waals surface area contributed by atoms with Crippen LogP contribution in [0.1, 0.15) is 17.3 Å². The standard InChI is InChI=1S/C14H10BrFO2/c1-9(17)14-12(16)3-2-4-13(14)18-11-7-5-10(15)6-8-11/h2-8H,1H3. The molecular formula is C14H10BrFO2. The Hall–Kier alpha value is -1.68. The zero-order chi connectivity index (χ0) is 13.1. The Morgan fingerprint density at radius 3 is 2.44 bits per heavy atom. The fourth-order valence-electron chi connectivity index (χ4n) is 1.56. The number of carbonyl (C=O) groups excluding carboxylic acids is 1. The van der Waals surface area contributed by atoms with Gasteiger partial charge in [0.25, 0.3) is 0 Å². The van der Waals surface area contributed by atoms with Crippen LogP contribution in [0.3, 0.4) is 0 Å². The van der Waals surface area contributed by atoms with Gasteiger partial charge in [-0.15, -0.1) is 0 Å². The van der Waals surface area contributed by atoms with Gasteiger partial charge in [-0.3, -0.25) is 4.79 Å². The Labute approximate surface area is 113 Å². The Kier molecular flexibility index (Phi) is 3.77. The maximum Gasteiger partial charge on any atom is 0.166 e. The molecule has 0 saturated heterocycles. The summed E-state index contributed by atoms with van der Waals surface area (Å²) in [6, 6.07) is 11.4. The molecule has 0 amide bonds. The summed E-state index contributed by atoms with van der Waals surface area (Å²) >= 11 is 3.31. The smallest absolute Gasteiger partial charge is 0.166 e. The molecule has 0 unspecified atom stereocenters. The molecule has 0 atom stereocenters. The number of ketones is 1. The first-order valence-corrected chi connectivity index (χ1v) is 6.10. The van der Waals surface area contributed by atoms with Crippen molar-refractivity contribution in [3.05, 3.63) is 58.3 Å². The highest BCUT2D eigenvalue weighted by Gasteiger charge is 2.14. The van der Waals surface area contributed by atoms with Gasteiger partial charge in [0.1, 0.15) is 17.3 Å². The van der Waals surface area contributed by atoms with Gasteiger partial charge < -0.3 is 4.74 Å². The maximum absolute atomic E-state index is 13.6. The molecule has 0 N–H and O–H groups in total. The summed E-state index contributed by atoms with van der Waals surface area (Å²) in [7, 11) is 0. The Morgan fingerprint density at radius 1 is 1.17 bits per heavy atom. The molecule has 0 radical (unpaired) electrons. The summed E-state index contributed by atoms with van der Waals surface area (Å²) < 4.78 is 20.0. The third kappa shape index (κ3) is 2.76. The van der Waals surface area contributed by atoms with E-state index >= 15 is 0 Å². The fraction of sp³-hybridized carbons (Fsp3) is 0.0714. The Bertz CT molecular complexity index is 579. The van der Waals surface area contributed by atoms with Crippen molar-refractivity contribution >= 4 is 21.7 Å². The van der Waals surface area contributed by atoms with Gasteiger partial charge in [-0.2, -0.15) is 0 Å². The van der Waals surface area contributed by atoms with Gasteiger partial charge in [-0.25, -0.2) is 4.39 Å². The molecule has 2 nitrogen and oxygen atoms in total. The third-order valence-electron chi connectivity index (χ3n) is 2.37. The molecule has 0 aliphatic carbocycles. The van der Waals surface area contributed by atoms with Crippen LogP contribution in [0.2, 0.25) is 0 Å². The lowest BCUT2D eigenvalue weighted by atomic mass is 10.1. The number of ether oxygens (including phenoxy) is 1. The molecule has 92 valence electrons. The van der Waals surface area contributed by atoms with Gasteiger partial charge in [0, 0.05) is 4.47 Å². The number of rotatable bonds is 3. The van der Waals surface area contributed by atoms with Gasteiger partial charge >= 0.3 is 0 Å². The predicted molar refractivity (Wildman–Crippen MR) is 70.6 cm³/mol. The van der Waals surface area contributed by atoms with Crippen molar-refractivity contribution in [3.63, 3.8) is 0 Å². The summed E-state index contributed by atoms with van der Waals surface area (Å²) in [5.41, 5.74) is -0.0274. The molecule has 0 spiro atoms. The summed E-state index contributed by atoms with van der Waals surface area (Å²) in [6.45, 7) is 1.31. The molecule has 18 heavy (non-hydrogen) atoms. The number of benzene rings is 2. The monoisotopic (exact) mass is 308 g/mol. The average molecular weight is 309 g/mol. The van der Waals surface area contributed by atoms with E-state index < -0.39 is 5.82 Å². The highest BCUT2D eigenvalue weighted by Crippen LogP contribution is 2.28. The van der Waals surface area contributed by atoms with Crippen molar-refractivity contribution in [3.8, 4) is 11.5 Å². The second-order valence-corrected chi connectivity index (χ2v) is 4.64. The van der Waals surface area contributed by atoms with Crippen LogP contribution >= 0.6 is 15.9 Å². The second-order valence-electron chi connectivity index (χ2n) is 3.73. The van der Waals surface area contributed by atoms with Gasteiger partial charge in [-0.1, -0.05) is 22.0 Å². The molecule has 0 saturated carbocycles. The zero-order valence-electron chi connectivity index (χ0n) is 9.61. The van der Waals surface area contributed by atoms with E-state index in [1.165, 1.54) is 19.1 Å². The number of hydrogen-bond donors (Lipinski definition) is 0. The minimum atomic E-state index is -0.572. The molecular weight excluding hydrogens is 299 g/mol. The van der Waals surface area contributed by atoms with Crippen LogP contribution in [-0.4, -0.2) is 5.78 Å². The van der Waals surface area contributed by atoms with Crippen molar-refractivity contribution in [2.45, 2.75) is 6.92 Å². The minimum Gasteiger partial charge on any atom is -0.457 e. The third-order valence-corrected chi connectivity index (χ3v) is 2.90. The normalized spacial score (nSPS) is 10.2. The largest absolute Gasteiger partial charge is 0.457 e. The van der Waals surface area contributed by atoms with Crippen LogP contribution < -0.4 is 4.74 Å². The molecule has 0 aliphatic heterocycles. The summed E-state index contributed by atoms with van der Waals surface area (Å²) in [6.07, 6.45) is 0. The minimum absolute atomic E-state index is 0.0274. The van der Waals surface area contributed by atoms with Crippen LogP contribution in [0.5, 0.6) is 11.5 Å². The summed E-state index contributed by atoms with van der Waals surface area (Å²) in [5, 5.41) is 0. The van der Waals surface area contributed by atoms with Gasteiger partial charge in [-0.05, 0) is 43.3 Å².